The quantitative estimate of drug-likeness (QED) is 0.0199. The molecule has 17 unspecified atom stereocenters. The van der Waals surface area contributed by atoms with E-state index in [4.69, 9.17) is 28.4 Å². The lowest BCUT2D eigenvalue weighted by atomic mass is 9.96. The molecule has 0 spiro atoms. The Bertz CT molecular complexity index is 1730. The summed E-state index contributed by atoms with van der Waals surface area (Å²) in [6.07, 6.45) is 33.9. The van der Waals surface area contributed by atoms with Gasteiger partial charge in [0.05, 0.1) is 38.6 Å². The molecule has 0 radical (unpaired) electrons. The average molecular weight is 1290 g/mol. The van der Waals surface area contributed by atoms with Gasteiger partial charge in [-0.05, 0) is 44.9 Å². The van der Waals surface area contributed by atoms with Crippen molar-refractivity contribution in [3.63, 3.8) is 0 Å². The van der Waals surface area contributed by atoms with E-state index < -0.39 is 124 Å². The number of unbranched alkanes of at least 4 members (excludes halogenated alkanes) is 37. The van der Waals surface area contributed by atoms with Crippen molar-refractivity contribution >= 4 is 5.91 Å². The van der Waals surface area contributed by atoms with Crippen LogP contribution in [0, 0.1) is 0 Å². The average Bonchev–Trinajstić information content (AvgIpc) is 0.866. The second-order valence-corrected chi connectivity index (χ2v) is 26.4. The van der Waals surface area contributed by atoms with E-state index in [1.54, 1.807) is 0 Å². The molecular weight excluding hydrogens is 1150 g/mol. The number of hydrogen-bond acceptors (Lipinski definition) is 18. The van der Waals surface area contributed by atoms with Gasteiger partial charge in [0.2, 0.25) is 5.91 Å². The molecule has 3 aliphatic rings. The van der Waals surface area contributed by atoms with Crippen LogP contribution in [0.25, 0.3) is 0 Å². The molecule has 19 heteroatoms. The van der Waals surface area contributed by atoms with Gasteiger partial charge in [-0.25, -0.2) is 0 Å². The van der Waals surface area contributed by atoms with Gasteiger partial charge in [0.15, 0.2) is 18.9 Å². The number of ether oxygens (including phenoxy) is 6. The second-order valence-electron chi connectivity index (χ2n) is 26.4. The Hall–Kier alpha value is -1.73. The highest BCUT2D eigenvalue weighted by molar-refractivity contribution is 5.76. The zero-order valence-corrected chi connectivity index (χ0v) is 56.1. The molecule has 3 fully saturated rings. The summed E-state index contributed by atoms with van der Waals surface area (Å²) in [5.41, 5.74) is 0. The lowest BCUT2D eigenvalue weighted by Gasteiger charge is -2.48. The molecule has 19 nitrogen and oxygen atoms in total. The van der Waals surface area contributed by atoms with Crippen molar-refractivity contribution in [3.8, 4) is 0 Å². The lowest BCUT2D eigenvalue weighted by molar-refractivity contribution is -0.379. The fourth-order valence-electron chi connectivity index (χ4n) is 12.6. The van der Waals surface area contributed by atoms with Crippen LogP contribution in [0.2, 0.25) is 0 Å². The molecule has 12 N–H and O–H groups in total. The molecule has 3 saturated heterocycles. The number of nitrogens with one attached hydrogen (secondary N) is 1. The molecular formula is C71H133NO18. The molecule has 530 valence electrons. The van der Waals surface area contributed by atoms with Crippen molar-refractivity contribution in [1.29, 1.82) is 0 Å². The third-order valence-electron chi connectivity index (χ3n) is 18.5. The van der Waals surface area contributed by atoms with E-state index >= 15 is 0 Å². The highest BCUT2D eigenvalue weighted by atomic mass is 16.8. The van der Waals surface area contributed by atoms with Crippen molar-refractivity contribution in [2.75, 3.05) is 26.4 Å². The van der Waals surface area contributed by atoms with E-state index in [0.29, 0.717) is 12.8 Å². The van der Waals surface area contributed by atoms with Gasteiger partial charge in [-0.2, -0.15) is 0 Å². The summed E-state index contributed by atoms with van der Waals surface area (Å²) < 4.78 is 34.5. The van der Waals surface area contributed by atoms with Gasteiger partial charge in [0, 0.05) is 6.42 Å². The first kappa shape index (κ1) is 82.5. The van der Waals surface area contributed by atoms with Crippen LogP contribution in [-0.2, 0) is 33.2 Å². The van der Waals surface area contributed by atoms with Gasteiger partial charge in [0.1, 0.15) is 73.2 Å². The molecule has 0 aromatic rings. The smallest absolute Gasteiger partial charge is 0.220 e. The molecule has 90 heavy (non-hydrogen) atoms. The van der Waals surface area contributed by atoms with E-state index in [1.165, 1.54) is 205 Å². The van der Waals surface area contributed by atoms with Crippen LogP contribution in [0.4, 0.5) is 0 Å². The summed E-state index contributed by atoms with van der Waals surface area (Å²) in [4.78, 5) is 13.4. The Kier molecular flexibility index (Phi) is 49.0. The van der Waals surface area contributed by atoms with Crippen LogP contribution < -0.4 is 5.32 Å². The number of amides is 1. The fraction of sp³-hybridized carbons (Fsp3) is 0.930. The van der Waals surface area contributed by atoms with E-state index in [0.717, 1.165) is 51.4 Å². The summed E-state index contributed by atoms with van der Waals surface area (Å²) in [5, 5.41) is 121. The molecule has 3 aliphatic heterocycles. The third-order valence-corrected chi connectivity index (χ3v) is 18.5. The van der Waals surface area contributed by atoms with Gasteiger partial charge in [-0.15, -0.1) is 0 Å². The van der Waals surface area contributed by atoms with Crippen molar-refractivity contribution in [2.45, 2.75) is 394 Å². The minimum atomic E-state index is -1.97. The minimum absolute atomic E-state index is 0.239. The second kappa shape index (κ2) is 53.4. The maximum absolute atomic E-state index is 13.4. The van der Waals surface area contributed by atoms with Crippen LogP contribution in [0.5, 0.6) is 0 Å². The van der Waals surface area contributed by atoms with Crippen LogP contribution >= 0.6 is 0 Å². The monoisotopic (exact) mass is 1290 g/mol. The molecule has 3 heterocycles. The molecule has 3 rings (SSSR count). The molecule has 0 aromatic carbocycles. The van der Waals surface area contributed by atoms with E-state index in [-0.39, 0.29) is 18.9 Å². The zero-order chi connectivity index (χ0) is 65.4. The largest absolute Gasteiger partial charge is 0.394 e. The van der Waals surface area contributed by atoms with Gasteiger partial charge in [0.25, 0.3) is 0 Å². The zero-order valence-electron chi connectivity index (χ0n) is 56.1. The summed E-state index contributed by atoms with van der Waals surface area (Å²) in [6.45, 7) is 1.82. The van der Waals surface area contributed by atoms with Crippen LogP contribution in [0.15, 0.2) is 24.3 Å². The summed E-state index contributed by atoms with van der Waals surface area (Å²) in [7, 11) is 0. The van der Waals surface area contributed by atoms with E-state index in [9.17, 15) is 61.0 Å². The van der Waals surface area contributed by atoms with Crippen molar-refractivity contribution in [1.82, 2.24) is 5.32 Å². The summed E-state index contributed by atoms with van der Waals surface area (Å²) >= 11 is 0. The number of aliphatic hydroxyl groups excluding tert-OH is 11. The van der Waals surface area contributed by atoms with Crippen LogP contribution in [0.3, 0.4) is 0 Å². The van der Waals surface area contributed by atoms with Gasteiger partial charge in [-0.3, -0.25) is 4.79 Å². The Morgan fingerprint density at radius 3 is 1.13 bits per heavy atom. The molecule has 0 aromatic heterocycles. The van der Waals surface area contributed by atoms with Crippen molar-refractivity contribution < 1.29 is 89.4 Å². The Labute approximate surface area is 543 Å². The van der Waals surface area contributed by atoms with Gasteiger partial charge >= 0.3 is 0 Å². The maximum Gasteiger partial charge on any atom is 0.220 e. The summed E-state index contributed by atoms with van der Waals surface area (Å²) in [5.74, 6) is -0.239. The van der Waals surface area contributed by atoms with Crippen molar-refractivity contribution in [3.05, 3.63) is 24.3 Å². The normalized spacial score (nSPS) is 28.1. The number of rotatable bonds is 57. The van der Waals surface area contributed by atoms with Gasteiger partial charge < -0.3 is 89.9 Å². The lowest BCUT2D eigenvalue weighted by Crippen LogP contribution is -2.66. The summed E-state index contributed by atoms with van der Waals surface area (Å²) in [6, 6.07) is -0.886. The minimum Gasteiger partial charge on any atom is -0.394 e. The number of carbonyl (C=O) groups excluding carboxylic acids is 1. The standard InChI is InChI=1S/C71H133NO18/c1-3-5-7-9-11-13-15-17-19-21-23-24-25-26-27-28-29-30-31-33-35-37-39-41-43-45-47-49-59(77)72-54(55(76)48-46-44-42-40-38-36-34-32-22-20-18-16-14-12-10-8-6-4-2)53-85-69-65(83)62(80)67(57(51-74)87-69)90-71-66(84)63(81)68(58(52-75)88-71)89-70-64(82)61(79)60(78)56(50-73)86-70/h15,17,21,23,54-58,60-71,73-76,78-84H,3-14,16,18-20,22,24-53H2,1-2H3,(H,72,77)/b17-15-,23-21-. The number of allylic oxidation sites excluding steroid dienone is 4. The Morgan fingerprint density at radius 1 is 0.400 bits per heavy atom. The number of hydrogen-bond donors (Lipinski definition) is 12. The first-order valence-corrected chi connectivity index (χ1v) is 36.6. The first-order valence-electron chi connectivity index (χ1n) is 36.6. The Balaban J connectivity index is 1.40. The van der Waals surface area contributed by atoms with Crippen molar-refractivity contribution in [2.24, 2.45) is 0 Å². The number of carbonyl (C=O) groups is 1. The van der Waals surface area contributed by atoms with Crippen LogP contribution in [0.1, 0.15) is 290 Å². The fourth-order valence-corrected chi connectivity index (χ4v) is 12.6. The predicted molar refractivity (Wildman–Crippen MR) is 351 cm³/mol. The molecule has 1 amide bonds. The van der Waals surface area contributed by atoms with Crippen LogP contribution in [-0.4, -0.2) is 193 Å². The molecule has 0 aliphatic carbocycles. The van der Waals surface area contributed by atoms with Gasteiger partial charge in [-0.1, -0.05) is 263 Å². The Morgan fingerprint density at radius 2 is 0.733 bits per heavy atom. The van der Waals surface area contributed by atoms with E-state index in [1.807, 2.05) is 0 Å². The highest BCUT2D eigenvalue weighted by Crippen LogP contribution is 2.33. The SMILES string of the molecule is CCCCCCC/C=C\C/C=C\CCCCCCCCCCCCCCCCCC(=O)NC(COC1OC(CO)C(OC2OC(CO)C(OC3OC(CO)C(O)C(O)C3O)C(O)C2O)C(O)C1O)C(O)CCCCCCCCCCCCCCCCCCCC. The van der Waals surface area contributed by atoms with E-state index in [2.05, 4.69) is 43.5 Å². The molecule has 0 saturated carbocycles. The third kappa shape index (κ3) is 34.8. The molecule has 0 bridgehead atoms. The number of aliphatic hydroxyl groups is 11. The highest BCUT2D eigenvalue weighted by Gasteiger charge is 2.53. The molecule has 17 atom stereocenters. The maximum atomic E-state index is 13.4. The predicted octanol–water partition coefficient (Wildman–Crippen LogP) is 10.2. The first-order chi connectivity index (χ1) is 43.8. The topological polar surface area (TPSA) is 307 Å².